The van der Waals surface area contributed by atoms with Crippen molar-refractivity contribution in [3.05, 3.63) is 24.3 Å². The Morgan fingerprint density at radius 2 is 1.02 bits per heavy atom. The number of aliphatic hydroxyl groups excluding tert-OH is 4. The number of unbranched alkanes of at least 4 members (excludes halogenated alkanes) is 19. The molecule has 1 heterocycles. The van der Waals surface area contributed by atoms with E-state index in [9.17, 15) is 30.0 Å². The van der Waals surface area contributed by atoms with Crippen molar-refractivity contribution in [1.82, 2.24) is 0 Å². The molecule has 0 aromatic rings. The van der Waals surface area contributed by atoms with Gasteiger partial charge < -0.3 is 39.4 Å². The highest BCUT2D eigenvalue weighted by molar-refractivity contribution is 5.70. The average molecular weight is 741 g/mol. The van der Waals surface area contributed by atoms with Crippen LogP contribution in [-0.2, 0) is 28.5 Å². The Morgan fingerprint density at radius 3 is 1.52 bits per heavy atom. The van der Waals surface area contributed by atoms with Crippen molar-refractivity contribution < 1.29 is 49.0 Å². The van der Waals surface area contributed by atoms with Gasteiger partial charge in [-0.15, -0.1) is 0 Å². The van der Waals surface area contributed by atoms with Gasteiger partial charge in [-0.05, 0) is 64.2 Å². The largest absolute Gasteiger partial charge is 0.462 e. The van der Waals surface area contributed by atoms with E-state index in [2.05, 4.69) is 38.2 Å². The van der Waals surface area contributed by atoms with Crippen LogP contribution in [0, 0.1) is 0 Å². The summed E-state index contributed by atoms with van der Waals surface area (Å²) in [4.78, 5) is 25.2. The number of allylic oxidation sites excluding steroid dienone is 4. The number of carbonyl (C=O) groups is 2. The molecule has 1 rings (SSSR count). The van der Waals surface area contributed by atoms with Crippen LogP contribution < -0.4 is 0 Å². The van der Waals surface area contributed by atoms with Crippen LogP contribution in [0.15, 0.2) is 24.3 Å². The Bertz CT molecular complexity index is 907. The third-order valence-corrected chi connectivity index (χ3v) is 9.56. The summed E-state index contributed by atoms with van der Waals surface area (Å²) >= 11 is 0. The Hall–Kier alpha value is -1.82. The zero-order valence-corrected chi connectivity index (χ0v) is 32.8. The minimum atomic E-state index is -1.59. The van der Waals surface area contributed by atoms with E-state index in [1.165, 1.54) is 64.2 Å². The monoisotopic (exact) mass is 741 g/mol. The topological polar surface area (TPSA) is 152 Å². The molecule has 0 aromatic carbocycles. The first-order valence-electron chi connectivity index (χ1n) is 20.9. The second kappa shape index (κ2) is 33.7. The number of hydrogen-bond donors (Lipinski definition) is 4. The van der Waals surface area contributed by atoms with Gasteiger partial charge in [0.15, 0.2) is 12.4 Å². The molecular formula is C42H76O10. The van der Waals surface area contributed by atoms with Gasteiger partial charge in [-0.25, -0.2) is 0 Å². The Labute approximate surface area is 315 Å². The molecule has 4 N–H and O–H groups in total. The molecule has 1 aliphatic rings. The first kappa shape index (κ1) is 48.2. The van der Waals surface area contributed by atoms with Crippen molar-refractivity contribution in [3.8, 4) is 0 Å². The minimum absolute atomic E-state index is 0.219. The smallest absolute Gasteiger partial charge is 0.306 e. The van der Waals surface area contributed by atoms with Crippen LogP contribution in [0.25, 0.3) is 0 Å². The molecule has 304 valence electrons. The maximum Gasteiger partial charge on any atom is 0.306 e. The molecule has 10 nitrogen and oxygen atoms in total. The van der Waals surface area contributed by atoms with Crippen LogP contribution in [0.2, 0.25) is 0 Å². The second-order valence-corrected chi connectivity index (χ2v) is 14.4. The number of esters is 2. The lowest BCUT2D eigenvalue weighted by atomic mass is 9.99. The summed E-state index contributed by atoms with van der Waals surface area (Å²) in [6.07, 6.45) is 27.5. The zero-order valence-electron chi connectivity index (χ0n) is 32.8. The fourth-order valence-electron chi connectivity index (χ4n) is 6.18. The fraction of sp³-hybridized carbons (Fsp3) is 0.857. The van der Waals surface area contributed by atoms with Crippen molar-refractivity contribution in [2.75, 3.05) is 19.8 Å². The van der Waals surface area contributed by atoms with Gasteiger partial charge in [-0.1, -0.05) is 122 Å². The van der Waals surface area contributed by atoms with E-state index in [1.54, 1.807) is 0 Å². The van der Waals surface area contributed by atoms with E-state index in [-0.39, 0.29) is 32.0 Å². The van der Waals surface area contributed by atoms with Gasteiger partial charge in [-0.3, -0.25) is 9.59 Å². The molecule has 0 radical (unpaired) electrons. The van der Waals surface area contributed by atoms with Crippen molar-refractivity contribution in [2.45, 2.75) is 211 Å². The summed E-state index contributed by atoms with van der Waals surface area (Å²) in [6.45, 7) is 3.37. The maximum atomic E-state index is 12.7. The van der Waals surface area contributed by atoms with E-state index < -0.39 is 49.4 Å². The Kier molecular flexibility index (Phi) is 31.3. The number of ether oxygens (including phenoxy) is 4. The molecule has 6 atom stereocenters. The van der Waals surface area contributed by atoms with Crippen LogP contribution in [0.1, 0.15) is 174 Å². The highest BCUT2D eigenvalue weighted by Crippen LogP contribution is 2.22. The summed E-state index contributed by atoms with van der Waals surface area (Å²) in [5, 5.41) is 40.0. The van der Waals surface area contributed by atoms with Crippen LogP contribution in [-0.4, -0.2) is 89.0 Å². The molecule has 0 aliphatic carbocycles. The van der Waals surface area contributed by atoms with Crippen molar-refractivity contribution in [2.24, 2.45) is 0 Å². The number of aliphatic hydroxyl groups is 4. The van der Waals surface area contributed by atoms with Crippen LogP contribution >= 0.6 is 0 Å². The van der Waals surface area contributed by atoms with E-state index in [1.807, 2.05) is 0 Å². The molecule has 0 amide bonds. The second-order valence-electron chi connectivity index (χ2n) is 14.4. The van der Waals surface area contributed by atoms with Gasteiger partial charge in [-0.2, -0.15) is 0 Å². The van der Waals surface area contributed by atoms with Gasteiger partial charge in [0.2, 0.25) is 0 Å². The Morgan fingerprint density at radius 1 is 0.577 bits per heavy atom. The standard InChI is InChI=1S/C42H76O10/c1-3-5-7-9-11-13-15-17-19-21-23-25-27-29-31-38(45)51-35(34-50-42-41(48)40(47)39(46)36(32-43)52-42)33-49-37(44)30-28-26-24-22-20-18-16-14-12-10-8-6-4-2/h14-17,35-36,39-43,46-48H,3-13,18-34H2,1-2H3/b16-14-,17-15-. The number of carbonyl (C=O) groups excluding carboxylic acids is 2. The zero-order chi connectivity index (χ0) is 38.1. The van der Waals surface area contributed by atoms with Crippen LogP contribution in [0.5, 0.6) is 0 Å². The van der Waals surface area contributed by atoms with E-state index in [0.29, 0.717) is 12.8 Å². The highest BCUT2D eigenvalue weighted by atomic mass is 16.7. The lowest BCUT2D eigenvalue weighted by molar-refractivity contribution is -0.305. The molecular weight excluding hydrogens is 664 g/mol. The molecule has 1 saturated heterocycles. The lowest BCUT2D eigenvalue weighted by Gasteiger charge is -2.39. The van der Waals surface area contributed by atoms with Gasteiger partial charge in [0.05, 0.1) is 13.2 Å². The van der Waals surface area contributed by atoms with E-state index >= 15 is 0 Å². The van der Waals surface area contributed by atoms with Gasteiger partial charge >= 0.3 is 11.9 Å². The van der Waals surface area contributed by atoms with Gasteiger partial charge in [0.25, 0.3) is 0 Å². The summed E-state index contributed by atoms with van der Waals surface area (Å²) in [7, 11) is 0. The SMILES string of the molecule is CCCCCC/C=C\CCCCCCCC(=O)OCC(COC1OC(CO)C(O)C(O)C1O)OC(=O)CCCCCCC/C=C\CCCCCCC. The van der Waals surface area contributed by atoms with E-state index in [4.69, 9.17) is 18.9 Å². The summed E-state index contributed by atoms with van der Waals surface area (Å²) < 4.78 is 22.1. The van der Waals surface area contributed by atoms with Crippen molar-refractivity contribution >= 4 is 11.9 Å². The third kappa shape index (κ3) is 25.2. The molecule has 0 bridgehead atoms. The first-order valence-corrected chi connectivity index (χ1v) is 20.9. The summed E-state index contributed by atoms with van der Waals surface area (Å²) in [5.41, 5.74) is 0. The van der Waals surface area contributed by atoms with Crippen LogP contribution in [0.4, 0.5) is 0 Å². The van der Waals surface area contributed by atoms with Crippen LogP contribution in [0.3, 0.4) is 0 Å². The average Bonchev–Trinajstić information content (AvgIpc) is 3.14. The molecule has 1 aliphatic heterocycles. The Balaban J connectivity index is 2.38. The van der Waals surface area contributed by atoms with Gasteiger partial charge in [0.1, 0.15) is 31.0 Å². The predicted molar refractivity (Wildman–Crippen MR) is 206 cm³/mol. The fourth-order valence-corrected chi connectivity index (χ4v) is 6.18. The molecule has 0 aromatic heterocycles. The number of rotatable bonds is 34. The molecule has 0 saturated carbocycles. The molecule has 52 heavy (non-hydrogen) atoms. The van der Waals surface area contributed by atoms with Gasteiger partial charge in [0, 0.05) is 12.8 Å². The highest BCUT2D eigenvalue weighted by Gasteiger charge is 2.44. The predicted octanol–water partition coefficient (Wildman–Crippen LogP) is 8.16. The molecule has 0 spiro atoms. The number of hydrogen-bond acceptors (Lipinski definition) is 10. The maximum absolute atomic E-state index is 12.7. The normalized spacial score (nSPS) is 21.2. The van der Waals surface area contributed by atoms with Crippen molar-refractivity contribution in [1.29, 1.82) is 0 Å². The molecule has 6 unspecified atom stereocenters. The summed E-state index contributed by atoms with van der Waals surface area (Å²) in [5.74, 6) is -0.826. The third-order valence-electron chi connectivity index (χ3n) is 9.56. The minimum Gasteiger partial charge on any atom is -0.462 e. The summed E-state index contributed by atoms with van der Waals surface area (Å²) in [6, 6.07) is 0. The first-order chi connectivity index (χ1) is 25.3. The lowest BCUT2D eigenvalue weighted by Crippen LogP contribution is -2.59. The molecule has 10 heteroatoms. The van der Waals surface area contributed by atoms with Crippen molar-refractivity contribution in [3.63, 3.8) is 0 Å². The molecule has 1 fully saturated rings. The van der Waals surface area contributed by atoms with E-state index in [0.717, 1.165) is 70.6 Å². The quantitative estimate of drug-likeness (QED) is 0.0289.